The number of ether oxygens (including phenoxy) is 1. The molecule has 0 aliphatic carbocycles. The number of nitrogens with two attached hydrogens (primary N) is 1. The predicted octanol–water partition coefficient (Wildman–Crippen LogP) is 2.48. The van der Waals surface area contributed by atoms with Crippen LogP contribution in [0.1, 0.15) is 11.1 Å². The van der Waals surface area contributed by atoms with Crippen molar-refractivity contribution in [1.29, 1.82) is 0 Å². The van der Waals surface area contributed by atoms with Gasteiger partial charge in [-0.15, -0.1) is 0 Å². The number of nitrogens with one attached hydrogen (secondary N) is 1. The third kappa shape index (κ3) is 3.42. The van der Waals surface area contributed by atoms with Crippen molar-refractivity contribution in [3.63, 3.8) is 0 Å². The van der Waals surface area contributed by atoms with E-state index in [0.717, 1.165) is 5.56 Å². The Kier molecular flexibility index (Phi) is 4.47. The fourth-order valence-electron chi connectivity index (χ4n) is 1.67. The van der Waals surface area contributed by atoms with Crippen molar-refractivity contribution in [2.45, 2.75) is 6.54 Å². The second kappa shape index (κ2) is 6.29. The monoisotopic (exact) mass is 291 g/mol. The molecule has 0 aliphatic rings. The molecule has 0 atom stereocenters. The summed E-state index contributed by atoms with van der Waals surface area (Å²) in [6, 6.07) is 8.32. The highest BCUT2D eigenvalue weighted by molar-refractivity contribution is 7.80. The van der Waals surface area contributed by atoms with Crippen LogP contribution in [0.4, 0.5) is 10.1 Å². The number of anilines is 1. The number of halogens is 1. The summed E-state index contributed by atoms with van der Waals surface area (Å²) in [5, 5.41) is 3.10. The van der Waals surface area contributed by atoms with E-state index in [2.05, 4.69) is 10.3 Å². The molecule has 6 heteroatoms. The maximum atomic E-state index is 13.7. The van der Waals surface area contributed by atoms with Crippen LogP contribution in [0.3, 0.4) is 0 Å². The zero-order chi connectivity index (χ0) is 14.5. The first-order valence-electron chi connectivity index (χ1n) is 5.92. The van der Waals surface area contributed by atoms with Gasteiger partial charge in [-0.25, -0.2) is 9.37 Å². The second-order valence-corrected chi connectivity index (χ2v) is 4.56. The van der Waals surface area contributed by atoms with Crippen molar-refractivity contribution in [2.24, 2.45) is 5.73 Å². The van der Waals surface area contributed by atoms with E-state index in [1.165, 1.54) is 6.07 Å². The first kappa shape index (κ1) is 14.2. The van der Waals surface area contributed by atoms with Gasteiger partial charge in [0.05, 0.1) is 7.11 Å². The van der Waals surface area contributed by atoms with Crippen LogP contribution in [0.5, 0.6) is 5.88 Å². The zero-order valence-corrected chi connectivity index (χ0v) is 11.7. The molecule has 0 saturated heterocycles. The van der Waals surface area contributed by atoms with Crippen LogP contribution in [0.25, 0.3) is 0 Å². The van der Waals surface area contributed by atoms with E-state index in [0.29, 0.717) is 18.1 Å². The van der Waals surface area contributed by atoms with Crippen LogP contribution in [0.15, 0.2) is 36.5 Å². The quantitative estimate of drug-likeness (QED) is 0.829. The molecular weight excluding hydrogens is 277 g/mol. The molecule has 2 rings (SSSR count). The molecule has 4 nitrogen and oxygen atoms in total. The van der Waals surface area contributed by atoms with E-state index in [1.54, 1.807) is 31.5 Å². The van der Waals surface area contributed by atoms with Crippen molar-refractivity contribution in [1.82, 2.24) is 4.98 Å². The number of pyridine rings is 1. The first-order valence-corrected chi connectivity index (χ1v) is 6.33. The Bertz CT molecular complexity index is 616. The lowest BCUT2D eigenvalue weighted by Crippen LogP contribution is -2.12. The van der Waals surface area contributed by atoms with Crippen LogP contribution in [0.2, 0.25) is 0 Å². The molecule has 0 bridgehead atoms. The van der Waals surface area contributed by atoms with E-state index in [4.69, 9.17) is 22.7 Å². The highest BCUT2D eigenvalue weighted by Crippen LogP contribution is 2.16. The molecule has 0 aliphatic heterocycles. The summed E-state index contributed by atoms with van der Waals surface area (Å²) in [5.74, 6) is 0.121. The third-order valence-electron chi connectivity index (χ3n) is 2.74. The van der Waals surface area contributed by atoms with E-state index in [9.17, 15) is 4.39 Å². The molecule has 20 heavy (non-hydrogen) atoms. The standard InChI is InChI=1S/C14H14FN3OS/c1-19-13-5-2-9(8-18-13)7-17-10-3-4-11(14(16)20)12(15)6-10/h2-6,8,17H,7H2,1H3,(H2,16,20). The molecule has 1 aromatic carbocycles. The maximum absolute atomic E-state index is 13.7. The van der Waals surface area contributed by atoms with E-state index in [-0.39, 0.29) is 10.6 Å². The van der Waals surface area contributed by atoms with Crippen LogP contribution in [-0.2, 0) is 6.54 Å². The molecule has 0 spiro atoms. The number of hydrogen-bond donors (Lipinski definition) is 2. The molecule has 1 heterocycles. The number of rotatable bonds is 5. The average molecular weight is 291 g/mol. The molecule has 0 amide bonds. The van der Waals surface area contributed by atoms with Crippen molar-refractivity contribution >= 4 is 22.9 Å². The summed E-state index contributed by atoms with van der Waals surface area (Å²) in [6.45, 7) is 0.531. The molecule has 104 valence electrons. The Balaban J connectivity index is 2.03. The molecule has 0 saturated carbocycles. The Morgan fingerprint density at radius 1 is 1.40 bits per heavy atom. The summed E-state index contributed by atoms with van der Waals surface area (Å²) in [5.41, 5.74) is 7.27. The Morgan fingerprint density at radius 3 is 2.75 bits per heavy atom. The minimum absolute atomic E-state index is 0.0494. The average Bonchev–Trinajstić information content (AvgIpc) is 2.45. The minimum Gasteiger partial charge on any atom is -0.481 e. The lowest BCUT2D eigenvalue weighted by atomic mass is 10.2. The van der Waals surface area contributed by atoms with Crippen LogP contribution in [-0.4, -0.2) is 17.1 Å². The summed E-state index contributed by atoms with van der Waals surface area (Å²) in [6.07, 6.45) is 1.70. The van der Waals surface area contributed by atoms with Gasteiger partial charge in [0.1, 0.15) is 10.8 Å². The largest absolute Gasteiger partial charge is 0.481 e. The van der Waals surface area contributed by atoms with Crippen LogP contribution >= 0.6 is 12.2 Å². The highest BCUT2D eigenvalue weighted by Gasteiger charge is 2.05. The Labute approximate surface area is 121 Å². The molecular formula is C14H14FN3OS. The van der Waals surface area contributed by atoms with Gasteiger partial charge in [-0.2, -0.15) is 0 Å². The van der Waals surface area contributed by atoms with Gasteiger partial charge in [-0.05, 0) is 23.8 Å². The topological polar surface area (TPSA) is 60.2 Å². The normalized spacial score (nSPS) is 10.1. The van der Waals surface area contributed by atoms with Crippen molar-refractivity contribution in [3.05, 3.63) is 53.5 Å². The van der Waals surface area contributed by atoms with Gasteiger partial charge < -0.3 is 15.8 Å². The highest BCUT2D eigenvalue weighted by atomic mass is 32.1. The summed E-state index contributed by atoms with van der Waals surface area (Å²) >= 11 is 4.75. The first-order chi connectivity index (χ1) is 9.60. The van der Waals surface area contributed by atoms with Gasteiger partial charge in [-0.3, -0.25) is 0 Å². The van der Waals surface area contributed by atoms with E-state index >= 15 is 0 Å². The summed E-state index contributed by atoms with van der Waals surface area (Å²) in [7, 11) is 1.56. The molecule has 0 unspecified atom stereocenters. The second-order valence-electron chi connectivity index (χ2n) is 4.12. The smallest absolute Gasteiger partial charge is 0.212 e. The fraction of sp³-hybridized carbons (Fsp3) is 0.143. The van der Waals surface area contributed by atoms with Crippen molar-refractivity contribution in [2.75, 3.05) is 12.4 Å². The minimum atomic E-state index is -0.435. The van der Waals surface area contributed by atoms with Crippen LogP contribution < -0.4 is 15.8 Å². The molecule has 0 fully saturated rings. The van der Waals surface area contributed by atoms with Gasteiger partial charge >= 0.3 is 0 Å². The SMILES string of the molecule is COc1ccc(CNc2ccc(C(N)=S)c(F)c2)cn1. The number of aromatic nitrogens is 1. The zero-order valence-electron chi connectivity index (χ0n) is 10.9. The van der Waals surface area contributed by atoms with Crippen molar-refractivity contribution < 1.29 is 9.13 Å². The fourth-order valence-corrected chi connectivity index (χ4v) is 1.83. The number of methoxy groups -OCH3 is 1. The van der Waals surface area contributed by atoms with Crippen molar-refractivity contribution in [3.8, 4) is 5.88 Å². The third-order valence-corrected chi connectivity index (χ3v) is 2.96. The molecule has 3 N–H and O–H groups in total. The summed E-state index contributed by atoms with van der Waals surface area (Å²) in [4.78, 5) is 4.14. The maximum Gasteiger partial charge on any atom is 0.212 e. The number of thiocarbonyl (C=S) groups is 1. The lowest BCUT2D eigenvalue weighted by molar-refractivity contribution is 0.397. The molecule has 1 aromatic heterocycles. The van der Waals surface area contributed by atoms with Gasteiger partial charge in [0.25, 0.3) is 0 Å². The summed E-state index contributed by atoms with van der Waals surface area (Å²) < 4.78 is 18.7. The molecule has 0 radical (unpaired) electrons. The lowest BCUT2D eigenvalue weighted by Gasteiger charge is -2.08. The van der Waals surface area contributed by atoms with Gasteiger partial charge in [0.2, 0.25) is 5.88 Å². The Morgan fingerprint density at radius 2 is 2.20 bits per heavy atom. The van der Waals surface area contributed by atoms with Gasteiger partial charge in [0.15, 0.2) is 0 Å². The molecule has 2 aromatic rings. The van der Waals surface area contributed by atoms with Gasteiger partial charge in [0, 0.05) is 30.1 Å². The van der Waals surface area contributed by atoms with Crippen LogP contribution in [0, 0.1) is 5.82 Å². The van der Waals surface area contributed by atoms with E-state index < -0.39 is 5.82 Å². The predicted molar refractivity (Wildman–Crippen MR) is 80.4 cm³/mol. The number of benzene rings is 1. The van der Waals surface area contributed by atoms with Gasteiger partial charge in [-0.1, -0.05) is 18.3 Å². The number of nitrogens with zero attached hydrogens (tertiary/aromatic N) is 1. The Hall–Kier alpha value is -2.21. The number of hydrogen-bond acceptors (Lipinski definition) is 4. The van der Waals surface area contributed by atoms with E-state index in [1.807, 2.05) is 6.07 Å².